The largest absolute Gasteiger partial charge is 0.392 e. The van der Waals surface area contributed by atoms with Gasteiger partial charge < -0.3 is 10.4 Å². The van der Waals surface area contributed by atoms with E-state index >= 15 is 0 Å². The first-order valence-corrected chi connectivity index (χ1v) is 6.98. The Balaban J connectivity index is 1.70. The molecule has 0 aromatic heterocycles. The van der Waals surface area contributed by atoms with Crippen molar-refractivity contribution in [2.75, 3.05) is 6.54 Å². The maximum atomic E-state index is 13.4. The van der Waals surface area contributed by atoms with Crippen LogP contribution in [0.5, 0.6) is 0 Å². The molecule has 1 aliphatic rings. The molecule has 0 radical (unpaired) electrons. The molecule has 2 N–H and O–H groups in total. The summed E-state index contributed by atoms with van der Waals surface area (Å²) >= 11 is 0. The third-order valence-electron chi connectivity index (χ3n) is 3.79. The van der Waals surface area contributed by atoms with Gasteiger partial charge >= 0.3 is 0 Å². The van der Waals surface area contributed by atoms with Crippen molar-refractivity contribution in [3.05, 3.63) is 35.4 Å². The molecule has 0 aliphatic heterocycles. The monoisotopic (exact) mass is 269 g/mol. The second-order valence-electron chi connectivity index (χ2n) is 5.41. The third-order valence-corrected chi connectivity index (χ3v) is 3.79. The zero-order valence-corrected chi connectivity index (χ0v) is 11.0. The van der Waals surface area contributed by atoms with Gasteiger partial charge in [-0.1, -0.05) is 31.7 Å². The molecule has 0 heterocycles. The van der Waals surface area contributed by atoms with Gasteiger partial charge in [-0.2, -0.15) is 0 Å². The molecular formula is C15H21F2NO. The van der Waals surface area contributed by atoms with Crippen molar-refractivity contribution in [3.8, 4) is 0 Å². The number of rotatable bonds is 6. The summed E-state index contributed by atoms with van der Waals surface area (Å²) in [7, 11) is 0. The lowest BCUT2D eigenvalue weighted by Crippen LogP contribution is -2.28. The van der Waals surface area contributed by atoms with Crippen LogP contribution in [0.3, 0.4) is 0 Å². The first-order chi connectivity index (χ1) is 9.15. The van der Waals surface area contributed by atoms with Crippen LogP contribution < -0.4 is 5.32 Å². The molecule has 2 nitrogen and oxygen atoms in total. The number of aliphatic hydroxyl groups excluding tert-OH is 1. The van der Waals surface area contributed by atoms with E-state index in [0.717, 1.165) is 12.5 Å². The van der Waals surface area contributed by atoms with Gasteiger partial charge in [0, 0.05) is 24.7 Å². The molecule has 1 aliphatic carbocycles. The van der Waals surface area contributed by atoms with Gasteiger partial charge in [-0.3, -0.25) is 0 Å². The van der Waals surface area contributed by atoms with E-state index in [1.54, 1.807) is 0 Å². The van der Waals surface area contributed by atoms with E-state index in [0.29, 0.717) is 24.6 Å². The highest BCUT2D eigenvalue weighted by molar-refractivity contribution is 5.18. The minimum absolute atomic E-state index is 0.313. The Morgan fingerprint density at radius 3 is 2.68 bits per heavy atom. The van der Waals surface area contributed by atoms with E-state index in [2.05, 4.69) is 5.32 Å². The normalized spacial score (nSPS) is 17.8. The van der Waals surface area contributed by atoms with E-state index < -0.39 is 11.6 Å². The van der Waals surface area contributed by atoms with E-state index in [9.17, 15) is 13.9 Å². The molecule has 106 valence electrons. The van der Waals surface area contributed by atoms with Crippen molar-refractivity contribution < 1.29 is 13.9 Å². The van der Waals surface area contributed by atoms with Gasteiger partial charge in [0.25, 0.3) is 0 Å². The van der Waals surface area contributed by atoms with Crippen LogP contribution in [0.1, 0.15) is 37.7 Å². The lowest BCUT2D eigenvalue weighted by atomic mass is 10.00. The molecule has 1 aromatic carbocycles. The molecule has 4 heteroatoms. The van der Waals surface area contributed by atoms with Crippen LogP contribution in [-0.4, -0.2) is 17.8 Å². The van der Waals surface area contributed by atoms with Gasteiger partial charge in [-0.25, -0.2) is 8.78 Å². The van der Waals surface area contributed by atoms with E-state index in [1.807, 2.05) is 0 Å². The van der Waals surface area contributed by atoms with Crippen LogP contribution in [0.4, 0.5) is 8.78 Å². The van der Waals surface area contributed by atoms with Gasteiger partial charge in [0.1, 0.15) is 11.6 Å². The highest BCUT2D eigenvalue weighted by Crippen LogP contribution is 2.28. The number of benzene rings is 1. The van der Waals surface area contributed by atoms with Gasteiger partial charge in [0.05, 0.1) is 6.10 Å². The van der Waals surface area contributed by atoms with Crippen molar-refractivity contribution in [1.29, 1.82) is 0 Å². The maximum absolute atomic E-state index is 13.4. The van der Waals surface area contributed by atoms with Crippen molar-refractivity contribution in [2.24, 2.45) is 5.92 Å². The van der Waals surface area contributed by atoms with E-state index in [4.69, 9.17) is 0 Å². The predicted octanol–water partition coefficient (Wildman–Crippen LogP) is 3.00. The van der Waals surface area contributed by atoms with Gasteiger partial charge in [-0.05, 0) is 18.4 Å². The SMILES string of the molecule is OC(CNCc1ccc(F)cc1F)CC1CCCC1. The Bertz CT molecular complexity index is 405. The Hall–Kier alpha value is -1.00. The molecule has 0 saturated heterocycles. The number of hydrogen-bond acceptors (Lipinski definition) is 2. The Labute approximate surface area is 112 Å². The summed E-state index contributed by atoms with van der Waals surface area (Å²) in [6.07, 6.45) is 5.40. The molecule has 1 fully saturated rings. The van der Waals surface area contributed by atoms with E-state index in [1.165, 1.54) is 37.8 Å². The Morgan fingerprint density at radius 2 is 2.00 bits per heavy atom. The topological polar surface area (TPSA) is 32.3 Å². The van der Waals surface area contributed by atoms with Crippen LogP contribution in [0.15, 0.2) is 18.2 Å². The minimum atomic E-state index is -0.567. The summed E-state index contributed by atoms with van der Waals surface area (Å²) in [5, 5.41) is 12.9. The smallest absolute Gasteiger partial charge is 0.130 e. The van der Waals surface area contributed by atoms with Crippen LogP contribution in [0.25, 0.3) is 0 Å². The summed E-state index contributed by atoms with van der Waals surface area (Å²) in [5.41, 5.74) is 0.425. The molecule has 19 heavy (non-hydrogen) atoms. The van der Waals surface area contributed by atoms with E-state index in [-0.39, 0.29) is 6.10 Å². The fraction of sp³-hybridized carbons (Fsp3) is 0.600. The molecule has 0 bridgehead atoms. The first-order valence-electron chi connectivity index (χ1n) is 6.98. The number of halogens is 2. The summed E-state index contributed by atoms with van der Waals surface area (Å²) in [6, 6.07) is 3.56. The lowest BCUT2D eigenvalue weighted by molar-refractivity contribution is 0.140. The van der Waals surface area contributed by atoms with Crippen molar-refractivity contribution in [1.82, 2.24) is 5.32 Å². The quantitative estimate of drug-likeness (QED) is 0.832. The predicted molar refractivity (Wildman–Crippen MR) is 70.6 cm³/mol. The van der Waals surface area contributed by atoms with Crippen molar-refractivity contribution in [2.45, 2.75) is 44.8 Å². The molecule has 0 spiro atoms. The second kappa shape index (κ2) is 6.96. The maximum Gasteiger partial charge on any atom is 0.130 e. The Kier molecular flexibility index (Phi) is 5.28. The highest BCUT2D eigenvalue weighted by atomic mass is 19.1. The molecule has 0 amide bonds. The second-order valence-corrected chi connectivity index (χ2v) is 5.41. The molecule has 1 aromatic rings. The van der Waals surface area contributed by atoms with Crippen LogP contribution in [-0.2, 0) is 6.54 Å². The fourth-order valence-corrected chi connectivity index (χ4v) is 2.75. The summed E-state index contributed by atoms with van der Waals surface area (Å²) in [6.45, 7) is 0.765. The third kappa shape index (κ3) is 4.55. The Morgan fingerprint density at radius 1 is 1.26 bits per heavy atom. The molecule has 1 atom stereocenters. The summed E-state index contributed by atoms with van der Waals surface area (Å²) < 4.78 is 26.1. The minimum Gasteiger partial charge on any atom is -0.392 e. The fourth-order valence-electron chi connectivity index (χ4n) is 2.75. The molecule has 2 rings (SSSR count). The van der Waals surface area contributed by atoms with Gasteiger partial charge in [0.15, 0.2) is 0 Å². The molecule has 1 unspecified atom stereocenters. The molecular weight excluding hydrogens is 248 g/mol. The van der Waals surface area contributed by atoms with Crippen LogP contribution in [0.2, 0.25) is 0 Å². The van der Waals surface area contributed by atoms with Crippen LogP contribution >= 0.6 is 0 Å². The standard InChI is InChI=1S/C15H21F2NO/c16-13-6-5-12(15(17)8-13)9-18-10-14(19)7-11-3-1-2-4-11/h5-6,8,11,14,18-19H,1-4,7,9-10H2. The average molecular weight is 269 g/mol. The number of nitrogens with one attached hydrogen (secondary N) is 1. The molecule has 1 saturated carbocycles. The van der Waals surface area contributed by atoms with Gasteiger partial charge in [0.2, 0.25) is 0 Å². The zero-order chi connectivity index (χ0) is 13.7. The lowest BCUT2D eigenvalue weighted by Gasteiger charge is -2.16. The first kappa shape index (κ1) is 14.4. The summed E-state index contributed by atoms with van der Waals surface area (Å²) in [5.74, 6) is -0.473. The number of aliphatic hydroxyl groups is 1. The van der Waals surface area contributed by atoms with Crippen molar-refractivity contribution in [3.63, 3.8) is 0 Å². The summed E-state index contributed by atoms with van der Waals surface area (Å²) in [4.78, 5) is 0. The van der Waals surface area contributed by atoms with Gasteiger partial charge in [-0.15, -0.1) is 0 Å². The average Bonchev–Trinajstić information content (AvgIpc) is 2.84. The number of hydrogen-bond donors (Lipinski definition) is 2. The van der Waals surface area contributed by atoms with Crippen molar-refractivity contribution >= 4 is 0 Å². The zero-order valence-electron chi connectivity index (χ0n) is 11.0. The highest BCUT2D eigenvalue weighted by Gasteiger charge is 2.18. The van der Waals surface area contributed by atoms with Crippen LogP contribution in [0, 0.1) is 17.6 Å².